The minimum Gasteiger partial charge on any atom is -0.378 e. The average molecular weight is 235 g/mol. The molecule has 0 atom stereocenters. The highest BCUT2D eigenvalue weighted by atomic mass is 16.5. The van der Waals surface area contributed by atoms with Gasteiger partial charge >= 0.3 is 0 Å². The molecule has 2 aliphatic rings. The van der Waals surface area contributed by atoms with E-state index in [1.54, 1.807) is 11.2 Å². The van der Waals surface area contributed by atoms with E-state index in [1.807, 2.05) is 29.3 Å². The Labute approximate surface area is 101 Å². The Morgan fingerprint density at radius 2 is 2.06 bits per heavy atom. The quantitative estimate of drug-likeness (QED) is 0.720. The summed E-state index contributed by atoms with van der Waals surface area (Å²) in [5.41, 5.74) is 0. The van der Waals surface area contributed by atoms with E-state index in [0.29, 0.717) is 39.3 Å². The van der Waals surface area contributed by atoms with Crippen LogP contribution in [-0.2, 0) is 9.53 Å². The van der Waals surface area contributed by atoms with Crippen LogP contribution in [-0.4, -0.2) is 54.9 Å². The first-order chi connectivity index (χ1) is 8.36. The summed E-state index contributed by atoms with van der Waals surface area (Å²) in [4.78, 5) is 13.7. The summed E-state index contributed by atoms with van der Waals surface area (Å²) in [5, 5.41) is 5.96. The molecule has 0 N–H and O–H groups in total. The van der Waals surface area contributed by atoms with Crippen molar-refractivity contribution < 1.29 is 9.53 Å². The number of carbonyl (C=O) groups is 1. The van der Waals surface area contributed by atoms with Crippen molar-refractivity contribution in [1.82, 2.24) is 9.91 Å². The highest BCUT2D eigenvalue weighted by Gasteiger charge is 2.16. The first-order valence-electron chi connectivity index (χ1n) is 5.86. The van der Waals surface area contributed by atoms with Crippen LogP contribution < -0.4 is 0 Å². The van der Waals surface area contributed by atoms with Gasteiger partial charge < -0.3 is 9.64 Å². The highest BCUT2D eigenvalue weighted by Crippen LogP contribution is 2.03. The zero-order valence-electron chi connectivity index (χ0n) is 9.79. The number of allylic oxidation sites excluding steroid dienone is 3. The van der Waals surface area contributed by atoms with Gasteiger partial charge in [0.1, 0.15) is 0 Å². The fourth-order valence-electron chi connectivity index (χ4n) is 1.74. The monoisotopic (exact) mass is 235 g/mol. The van der Waals surface area contributed by atoms with Crippen molar-refractivity contribution >= 4 is 12.1 Å². The van der Waals surface area contributed by atoms with Crippen molar-refractivity contribution in [3.63, 3.8) is 0 Å². The third kappa shape index (κ3) is 3.71. The molecule has 0 aromatic carbocycles. The summed E-state index contributed by atoms with van der Waals surface area (Å²) in [6.07, 6.45) is 9.76. The van der Waals surface area contributed by atoms with Crippen LogP contribution in [0.4, 0.5) is 0 Å². The van der Waals surface area contributed by atoms with Crippen molar-refractivity contribution in [1.29, 1.82) is 0 Å². The molecule has 17 heavy (non-hydrogen) atoms. The predicted molar refractivity (Wildman–Crippen MR) is 65.5 cm³/mol. The molecule has 0 unspecified atom stereocenters. The Balaban J connectivity index is 1.75. The van der Waals surface area contributed by atoms with Crippen molar-refractivity contribution in [2.45, 2.75) is 6.42 Å². The number of nitrogens with zero attached hydrogens (tertiary/aromatic N) is 3. The van der Waals surface area contributed by atoms with E-state index in [4.69, 9.17) is 4.74 Å². The molecule has 1 amide bonds. The minimum atomic E-state index is 0.175. The lowest BCUT2D eigenvalue weighted by Crippen LogP contribution is -2.41. The number of hydrogen-bond donors (Lipinski definition) is 0. The summed E-state index contributed by atoms with van der Waals surface area (Å²) in [7, 11) is 0. The van der Waals surface area contributed by atoms with E-state index in [1.165, 1.54) is 0 Å². The second kappa shape index (κ2) is 6.20. The Bertz CT molecular complexity index is 328. The molecular formula is C12H17N3O2. The molecule has 1 fully saturated rings. The van der Waals surface area contributed by atoms with E-state index in [-0.39, 0.29) is 5.91 Å². The summed E-state index contributed by atoms with van der Waals surface area (Å²) in [5.74, 6) is 0.175. The first kappa shape index (κ1) is 11.9. The van der Waals surface area contributed by atoms with Crippen LogP contribution in [0, 0.1) is 0 Å². The van der Waals surface area contributed by atoms with Crippen molar-refractivity contribution in [3.05, 3.63) is 24.4 Å². The van der Waals surface area contributed by atoms with Gasteiger partial charge in [0.05, 0.1) is 13.2 Å². The smallest absolute Gasteiger partial charge is 0.224 e. The van der Waals surface area contributed by atoms with Crippen LogP contribution >= 0.6 is 0 Å². The normalized spacial score (nSPS) is 19.5. The van der Waals surface area contributed by atoms with Crippen LogP contribution in [0.1, 0.15) is 6.42 Å². The maximum Gasteiger partial charge on any atom is 0.224 e. The fourth-order valence-corrected chi connectivity index (χ4v) is 1.74. The summed E-state index contributed by atoms with van der Waals surface area (Å²) in [6, 6.07) is 0. The highest BCUT2D eigenvalue weighted by molar-refractivity contribution is 5.76. The minimum absolute atomic E-state index is 0.175. The molecule has 2 aliphatic heterocycles. The lowest BCUT2D eigenvalue weighted by atomic mass is 10.3. The third-order valence-corrected chi connectivity index (χ3v) is 2.70. The maximum atomic E-state index is 11.9. The lowest BCUT2D eigenvalue weighted by Gasteiger charge is -2.27. The Kier molecular flexibility index (Phi) is 4.32. The zero-order valence-corrected chi connectivity index (χ0v) is 9.79. The standard InChI is InChI=1S/C12H17N3O2/c16-12(14-8-10-17-11-9-14)4-7-15-6-3-1-2-5-13-15/h1-3,5-6H,4,7-11H2. The molecule has 5 heteroatoms. The van der Waals surface area contributed by atoms with Gasteiger partial charge in [0.15, 0.2) is 0 Å². The number of amides is 1. The molecule has 0 aromatic rings. The summed E-state index contributed by atoms with van der Waals surface area (Å²) >= 11 is 0. The van der Waals surface area contributed by atoms with Gasteiger partial charge in [-0.1, -0.05) is 6.08 Å². The zero-order chi connectivity index (χ0) is 11.9. The molecular weight excluding hydrogens is 218 g/mol. The number of hydrazone groups is 1. The van der Waals surface area contributed by atoms with Crippen molar-refractivity contribution in [2.75, 3.05) is 32.8 Å². The van der Waals surface area contributed by atoms with Gasteiger partial charge in [0, 0.05) is 38.5 Å². The van der Waals surface area contributed by atoms with Gasteiger partial charge in [0.2, 0.25) is 5.91 Å². The van der Waals surface area contributed by atoms with E-state index in [2.05, 4.69) is 5.10 Å². The van der Waals surface area contributed by atoms with Gasteiger partial charge in [-0.2, -0.15) is 5.10 Å². The van der Waals surface area contributed by atoms with Crippen LogP contribution in [0.2, 0.25) is 0 Å². The number of hydrogen-bond acceptors (Lipinski definition) is 4. The topological polar surface area (TPSA) is 45.1 Å². The summed E-state index contributed by atoms with van der Waals surface area (Å²) < 4.78 is 5.21. The second-order valence-corrected chi connectivity index (χ2v) is 3.90. The Morgan fingerprint density at radius 1 is 1.24 bits per heavy atom. The number of rotatable bonds is 3. The van der Waals surface area contributed by atoms with Gasteiger partial charge in [-0.25, -0.2) is 0 Å². The Hall–Kier alpha value is -1.62. The SMILES string of the molecule is O=C(CCN1C=CC=CC=N1)N1CCOCC1. The molecule has 0 radical (unpaired) electrons. The van der Waals surface area contributed by atoms with Gasteiger partial charge in [-0.05, 0) is 12.2 Å². The summed E-state index contributed by atoms with van der Waals surface area (Å²) in [6.45, 7) is 3.33. The molecule has 1 saturated heterocycles. The van der Waals surface area contributed by atoms with E-state index >= 15 is 0 Å². The number of ether oxygens (including phenoxy) is 1. The van der Waals surface area contributed by atoms with Gasteiger partial charge in [-0.3, -0.25) is 9.80 Å². The van der Waals surface area contributed by atoms with E-state index in [9.17, 15) is 4.79 Å². The second-order valence-electron chi connectivity index (χ2n) is 3.90. The molecule has 92 valence electrons. The molecule has 2 heterocycles. The maximum absolute atomic E-state index is 11.9. The molecule has 2 rings (SSSR count). The molecule has 0 spiro atoms. The third-order valence-electron chi connectivity index (χ3n) is 2.70. The number of carbonyl (C=O) groups excluding carboxylic acids is 1. The molecule has 0 aliphatic carbocycles. The molecule has 0 saturated carbocycles. The predicted octanol–water partition coefficient (Wildman–Crippen LogP) is 0.607. The molecule has 0 bridgehead atoms. The van der Waals surface area contributed by atoms with Crippen LogP contribution in [0.5, 0.6) is 0 Å². The average Bonchev–Trinajstić information content (AvgIpc) is 2.65. The van der Waals surface area contributed by atoms with E-state index in [0.717, 1.165) is 0 Å². The van der Waals surface area contributed by atoms with Gasteiger partial charge in [-0.15, -0.1) is 0 Å². The van der Waals surface area contributed by atoms with Crippen LogP contribution in [0.3, 0.4) is 0 Å². The van der Waals surface area contributed by atoms with Crippen LogP contribution in [0.25, 0.3) is 0 Å². The van der Waals surface area contributed by atoms with Crippen LogP contribution in [0.15, 0.2) is 29.5 Å². The largest absolute Gasteiger partial charge is 0.378 e. The number of morpholine rings is 1. The fraction of sp³-hybridized carbons (Fsp3) is 0.500. The first-order valence-corrected chi connectivity index (χ1v) is 5.86. The van der Waals surface area contributed by atoms with Crippen molar-refractivity contribution in [2.24, 2.45) is 5.10 Å². The van der Waals surface area contributed by atoms with Crippen molar-refractivity contribution in [3.8, 4) is 0 Å². The van der Waals surface area contributed by atoms with Gasteiger partial charge in [0.25, 0.3) is 0 Å². The molecule has 5 nitrogen and oxygen atoms in total. The lowest BCUT2D eigenvalue weighted by molar-refractivity contribution is -0.135. The molecule has 0 aromatic heterocycles. The van der Waals surface area contributed by atoms with E-state index < -0.39 is 0 Å². The Morgan fingerprint density at radius 3 is 2.88 bits per heavy atom.